The van der Waals surface area contributed by atoms with Gasteiger partial charge >= 0.3 is 0 Å². The summed E-state index contributed by atoms with van der Waals surface area (Å²) in [6.45, 7) is 1.89. The lowest BCUT2D eigenvalue weighted by Crippen LogP contribution is -1.80. The number of hydrogen-bond acceptors (Lipinski definition) is 3. The summed E-state index contributed by atoms with van der Waals surface area (Å²) in [6.07, 6.45) is 3.51. The lowest BCUT2D eigenvalue weighted by Gasteiger charge is -1.98. The lowest BCUT2D eigenvalue weighted by molar-refractivity contribution is 0.542. The Kier molecular flexibility index (Phi) is 1.96. The van der Waals surface area contributed by atoms with Crippen molar-refractivity contribution in [2.75, 3.05) is 0 Å². The largest absolute Gasteiger partial charge is 0.441 e. The van der Waals surface area contributed by atoms with Gasteiger partial charge in [0.05, 0.1) is 11.7 Å². The lowest BCUT2D eigenvalue weighted by atomic mass is 10.1. The average molecular weight is 210 g/mol. The van der Waals surface area contributed by atoms with Crippen LogP contribution in [-0.4, -0.2) is 9.97 Å². The quantitative estimate of drug-likeness (QED) is 0.619. The van der Waals surface area contributed by atoms with Crippen molar-refractivity contribution < 1.29 is 4.42 Å². The molecular formula is C13H10N2O. The molecule has 16 heavy (non-hydrogen) atoms. The smallest absolute Gasteiger partial charge is 0.226 e. The van der Waals surface area contributed by atoms with Crippen molar-refractivity contribution in [1.82, 2.24) is 9.97 Å². The molecule has 0 bridgehead atoms. The number of aryl methyl sites for hydroxylation is 1. The Hall–Kier alpha value is -2.16. The summed E-state index contributed by atoms with van der Waals surface area (Å²) in [7, 11) is 0. The second kappa shape index (κ2) is 3.45. The van der Waals surface area contributed by atoms with Crippen LogP contribution in [0.3, 0.4) is 0 Å². The van der Waals surface area contributed by atoms with Gasteiger partial charge < -0.3 is 4.42 Å². The van der Waals surface area contributed by atoms with Crippen LogP contribution in [0.15, 0.2) is 47.1 Å². The van der Waals surface area contributed by atoms with Crippen molar-refractivity contribution in [2.45, 2.75) is 6.92 Å². The van der Waals surface area contributed by atoms with Gasteiger partial charge in [-0.15, -0.1) is 0 Å². The first-order valence-corrected chi connectivity index (χ1v) is 5.10. The maximum Gasteiger partial charge on any atom is 0.226 e. The second-order valence-electron chi connectivity index (χ2n) is 3.69. The van der Waals surface area contributed by atoms with Crippen LogP contribution in [0.1, 0.15) is 5.76 Å². The van der Waals surface area contributed by atoms with E-state index >= 15 is 0 Å². The molecular weight excluding hydrogens is 200 g/mol. The molecule has 0 unspecified atom stereocenters. The van der Waals surface area contributed by atoms with Crippen LogP contribution in [0.25, 0.3) is 22.4 Å². The normalized spacial score (nSPS) is 10.8. The summed E-state index contributed by atoms with van der Waals surface area (Å²) >= 11 is 0. The number of benzene rings is 1. The highest BCUT2D eigenvalue weighted by atomic mass is 16.4. The maximum atomic E-state index is 5.49. The summed E-state index contributed by atoms with van der Waals surface area (Å²) in [5.41, 5.74) is 1.96. The molecule has 3 heteroatoms. The van der Waals surface area contributed by atoms with Gasteiger partial charge in [-0.2, -0.15) is 0 Å². The molecule has 0 N–H and O–H groups in total. The van der Waals surface area contributed by atoms with Crippen molar-refractivity contribution in [3.05, 3.63) is 48.5 Å². The molecule has 1 aromatic carbocycles. The molecule has 3 aromatic rings. The first-order valence-electron chi connectivity index (χ1n) is 5.10. The van der Waals surface area contributed by atoms with E-state index in [1.807, 2.05) is 37.3 Å². The summed E-state index contributed by atoms with van der Waals surface area (Å²) in [4.78, 5) is 8.48. The van der Waals surface area contributed by atoms with Gasteiger partial charge in [-0.3, -0.25) is 4.98 Å². The minimum Gasteiger partial charge on any atom is -0.441 e. The fourth-order valence-electron chi connectivity index (χ4n) is 1.70. The molecule has 0 aliphatic heterocycles. The van der Waals surface area contributed by atoms with Crippen molar-refractivity contribution in [3.8, 4) is 11.5 Å². The van der Waals surface area contributed by atoms with Gasteiger partial charge in [-0.05, 0) is 31.2 Å². The van der Waals surface area contributed by atoms with Gasteiger partial charge in [0, 0.05) is 17.1 Å². The van der Waals surface area contributed by atoms with E-state index in [0.717, 1.165) is 22.2 Å². The van der Waals surface area contributed by atoms with Crippen LogP contribution in [0.4, 0.5) is 0 Å². The summed E-state index contributed by atoms with van der Waals surface area (Å²) in [5.74, 6) is 1.48. The third-order valence-electron chi connectivity index (χ3n) is 2.47. The van der Waals surface area contributed by atoms with Crippen molar-refractivity contribution in [1.29, 1.82) is 0 Å². The van der Waals surface area contributed by atoms with Crippen LogP contribution in [0.5, 0.6) is 0 Å². The highest BCUT2D eigenvalue weighted by molar-refractivity contribution is 5.82. The Balaban J connectivity index is 2.18. The predicted molar refractivity (Wildman–Crippen MR) is 62.0 cm³/mol. The Morgan fingerprint density at radius 1 is 1.12 bits per heavy atom. The zero-order valence-electron chi connectivity index (χ0n) is 8.84. The number of hydrogen-bond donors (Lipinski definition) is 0. The summed E-state index contributed by atoms with van der Waals surface area (Å²) in [6, 6.07) is 9.94. The Morgan fingerprint density at radius 2 is 2.06 bits per heavy atom. The standard InChI is InChI=1S/C13H10N2O/c1-9-8-15-13(16-9)11-4-5-12-10(7-11)3-2-6-14-12/h2-8H,1H3. The van der Waals surface area contributed by atoms with E-state index in [-0.39, 0.29) is 0 Å². The topological polar surface area (TPSA) is 38.9 Å². The van der Waals surface area contributed by atoms with Gasteiger partial charge in [-0.25, -0.2) is 4.98 Å². The molecule has 0 saturated heterocycles. The number of pyridine rings is 1. The SMILES string of the molecule is Cc1cnc(-c2ccc3ncccc3c2)o1. The highest BCUT2D eigenvalue weighted by Crippen LogP contribution is 2.22. The Morgan fingerprint density at radius 3 is 2.88 bits per heavy atom. The zero-order chi connectivity index (χ0) is 11.0. The minimum absolute atomic E-state index is 0.656. The third-order valence-corrected chi connectivity index (χ3v) is 2.47. The molecule has 3 nitrogen and oxygen atoms in total. The first-order chi connectivity index (χ1) is 7.83. The maximum absolute atomic E-state index is 5.49. The van der Waals surface area contributed by atoms with Crippen molar-refractivity contribution in [3.63, 3.8) is 0 Å². The molecule has 0 atom stereocenters. The molecule has 0 saturated carbocycles. The van der Waals surface area contributed by atoms with E-state index in [2.05, 4.69) is 9.97 Å². The summed E-state index contributed by atoms with van der Waals surface area (Å²) in [5, 5.41) is 1.09. The fourth-order valence-corrected chi connectivity index (χ4v) is 1.70. The van der Waals surface area contributed by atoms with E-state index in [1.54, 1.807) is 12.4 Å². The molecule has 0 amide bonds. The molecule has 0 spiro atoms. The molecule has 0 aliphatic rings. The molecule has 2 heterocycles. The van der Waals surface area contributed by atoms with E-state index in [4.69, 9.17) is 4.42 Å². The number of aromatic nitrogens is 2. The highest BCUT2D eigenvalue weighted by Gasteiger charge is 2.05. The summed E-state index contributed by atoms with van der Waals surface area (Å²) < 4.78 is 5.49. The van der Waals surface area contributed by atoms with E-state index < -0.39 is 0 Å². The van der Waals surface area contributed by atoms with Crippen molar-refractivity contribution in [2.24, 2.45) is 0 Å². The van der Waals surface area contributed by atoms with Crippen LogP contribution in [0.2, 0.25) is 0 Å². The van der Waals surface area contributed by atoms with E-state index in [1.165, 1.54) is 0 Å². The molecule has 0 radical (unpaired) electrons. The molecule has 3 rings (SSSR count). The first kappa shape index (κ1) is 9.09. The van der Waals surface area contributed by atoms with Crippen LogP contribution < -0.4 is 0 Å². The van der Waals surface area contributed by atoms with Gasteiger partial charge in [0.2, 0.25) is 5.89 Å². The molecule has 78 valence electrons. The number of rotatable bonds is 1. The average Bonchev–Trinajstić information content (AvgIpc) is 2.75. The van der Waals surface area contributed by atoms with E-state index in [9.17, 15) is 0 Å². The number of fused-ring (bicyclic) bond motifs is 1. The van der Waals surface area contributed by atoms with Gasteiger partial charge in [-0.1, -0.05) is 6.07 Å². The predicted octanol–water partition coefficient (Wildman–Crippen LogP) is 3.20. The van der Waals surface area contributed by atoms with Crippen LogP contribution >= 0.6 is 0 Å². The number of nitrogens with zero attached hydrogens (tertiary/aromatic N) is 2. The third kappa shape index (κ3) is 1.46. The molecule has 2 aromatic heterocycles. The zero-order valence-corrected chi connectivity index (χ0v) is 8.84. The van der Waals surface area contributed by atoms with Crippen LogP contribution in [-0.2, 0) is 0 Å². The Labute approximate surface area is 92.8 Å². The fraction of sp³-hybridized carbons (Fsp3) is 0.0769. The van der Waals surface area contributed by atoms with Crippen molar-refractivity contribution >= 4 is 10.9 Å². The number of oxazole rings is 1. The molecule has 0 fully saturated rings. The second-order valence-corrected chi connectivity index (χ2v) is 3.69. The minimum atomic E-state index is 0.656. The van der Waals surface area contributed by atoms with E-state index in [0.29, 0.717) is 5.89 Å². The van der Waals surface area contributed by atoms with Gasteiger partial charge in [0.15, 0.2) is 0 Å². The van der Waals surface area contributed by atoms with Gasteiger partial charge in [0.1, 0.15) is 5.76 Å². The Bertz CT molecular complexity index is 643. The van der Waals surface area contributed by atoms with Gasteiger partial charge in [0.25, 0.3) is 0 Å². The van der Waals surface area contributed by atoms with Crippen LogP contribution in [0, 0.1) is 6.92 Å². The molecule has 0 aliphatic carbocycles. The monoisotopic (exact) mass is 210 g/mol.